The average Bonchev–Trinajstić information content (AvgIpc) is 3.61. The summed E-state index contributed by atoms with van der Waals surface area (Å²) in [6.07, 6.45) is 2.96. The van der Waals surface area contributed by atoms with Crippen LogP contribution in [0.3, 0.4) is 0 Å². The molecule has 0 radical (unpaired) electrons. The fraction of sp³-hybridized carbons (Fsp3) is 0.250. The van der Waals surface area contributed by atoms with E-state index in [1.54, 1.807) is 40.6 Å². The zero-order chi connectivity index (χ0) is 23.9. The Morgan fingerprint density at radius 1 is 1.09 bits per heavy atom. The van der Waals surface area contributed by atoms with Crippen LogP contribution in [0.1, 0.15) is 41.5 Å². The summed E-state index contributed by atoms with van der Waals surface area (Å²) in [5, 5.41) is 6.23. The van der Waals surface area contributed by atoms with Crippen molar-refractivity contribution in [2.45, 2.75) is 36.2 Å². The Bertz CT molecular complexity index is 1500. The van der Waals surface area contributed by atoms with Gasteiger partial charge in [-0.3, -0.25) is 14.2 Å². The van der Waals surface area contributed by atoms with E-state index in [9.17, 15) is 9.59 Å². The lowest BCUT2D eigenvalue weighted by atomic mass is 9.95. The van der Waals surface area contributed by atoms with Gasteiger partial charge in [0.05, 0.1) is 12.1 Å². The lowest BCUT2D eigenvalue weighted by Gasteiger charge is -2.18. The largest absolute Gasteiger partial charge is 0.481 e. The van der Waals surface area contributed by atoms with E-state index in [0.29, 0.717) is 29.8 Å². The van der Waals surface area contributed by atoms with Crippen molar-refractivity contribution < 1.29 is 9.53 Å². The molecular formula is C28H25N3O3S. The number of amides is 1. The van der Waals surface area contributed by atoms with Gasteiger partial charge in [0.15, 0.2) is 0 Å². The Kier molecular flexibility index (Phi) is 5.57. The van der Waals surface area contributed by atoms with E-state index in [1.165, 1.54) is 29.0 Å². The van der Waals surface area contributed by atoms with Crippen LogP contribution in [0.2, 0.25) is 0 Å². The summed E-state index contributed by atoms with van der Waals surface area (Å²) >= 11 is 1.62. The van der Waals surface area contributed by atoms with Gasteiger partial charge in [-0.2, -0.15) is 4.98 Å². The van der Waals surface area contributed by atoms with E-state index in [2.05, 4.69) is 46.7 Å². The number of hydrogen-bond donors (Lipinski definition) is 1. The summed E-state index contributed by atoms with van der Waals surface area (Å²) in [5.41, 5.74) is 3.43. The van der Waals surface area contributed by atoms with Gasteiger partial charge in [-0.1, -0.05) is 48.5 Å². The van der Waals surface area contributed by atoms with Crippen molar-refractivity contribution in [2.75, 3.05) is 18.2 Å². The van der Waals surface area contributed by atoms with Crippen molar-refractivity contribution in [3.05, 3.63) is 93.8 Å². The van der Waals surface area contributed by atoms with E-state index in [4.69, 9.17) is 4.74 Å². The Morgan fingerprint density at radius 3 is 2.71 bits per heavy atom. The highest BCUT2D eigenvalue weighted by molar-refractivity contribution is 7.99. The first-order valence-corrected chi connectivity index (χ1v) is 12.8. The number of anilines is 1. The maximum Gasteiger partial charge on any atom is 0.252 e. The first-order chi connectivity index (χ1) is 17.1. The van der Waals surface area contributed by atoms with Crippen LogP contribution in [0.15, 0.2) is 76.6 Å². The second-order valence-electron chi connectivity index (χ2n) is 9.07. The zero-order valence-electron chi connectivity index (χ0n) is 19.4. The van der Waals surface area contributed by atoms with Gasteiger partial charge in [0.1, 0.15) is 11.9 Å². The minimum Gasteiger partial charge on any atom is -0.481 e. The number of carbonyl (C=O) groups is 1. The first-order valence-electron chi connectivity index (χ1n) is 11.8. The van der Waals surface area contributed by atoms with Crippen LogP contribution in [0, 0.1) is 0 Å². The Morgan fingerprint density at radius 2 is 1.89 bits per heavy atom. The molecule has 2 aromatic carbocycles. The molecule has 0 bridgehead atoms. The fourth-order valence-corrected chi connectivity index (χ4v) is 6.37. The summed E-state index contributed by atoms with van der Waals surface area (Å²) in [7, 11) is 1.53. The van der Waals surface area contributed by atoms with Gasteiger partial charge in [0.25, 0.3) is 5.56 Å². The fourth-order valence-electron chi connectivity index (χ4n) is 4.95. The van der Waals surface area contributed by atoms with Crippen molar-refractivity contribution in [3.8, 4) is 5.88 Å². The number of hydrogen-bond acceptors (Lipinski definition) is 5. The molecule has 1 aliphatic heterocycles. The molecule has 2 aromatic heterocycles. The molecule has 1 aliphatic carbocycles. The standard InChI is InChI=1S/C28H25N3O3S/c1-34-24-11-5-10-23(29-24)30-27(33)22-16-35-28-26(18-12-13-18)20(15-25(32)31(22)28)14-19-8-4-7-17-6-2-3-9-21(17)19/h2-11,15,18,22H,12-14,16H2,1H3,(H,29,30,33)/t22-/m0/s1. The number of thioether (sulfide) groups is 1. The molecule has 3 heterocycles. The van der Waals surface area contributed by atoms with Crippen LogP contribution >= 0.6 is 11.8 Å². The highest BCUT2D eigenvalue weighted by Gasteiger charge is 2.37. The molecule has 1 N–H and O–H groups in total. The van der Waals surface area contributed by atoms with E-state index in [1.807, 2.05) is 6.07 Å². The van der Waals surface area contributed by atoms with Crippen LogP contribution in [-0.4, -0.2) is 28.3 Å². The number of aromatic nitrogens is 2. The third-order valence-corrected chi connectivity index (χ3v) is 7.93. The highest BCUT2D eigenvalue weighted by atomic mass is 32.2. The van der Waals surface area contributed by atoms with Crippen molar-refractivity contribution >= 4 is 34.3 Å². The maximum absolute atomic E-state index is 13.4. The maximum atomic E-state index is 13.4. The van der Waals surface area contributed by atoms with Crippen LogP contribution in [0.4, 0.5) is 5.82 Å². The molecule has 2 aliphatic rings. The summed E-state index contributed by atoms with van der Waals surface area (Å²) in [6, 6.07) is 21.1. The van der Waals surface area contributed by atoms with Crippen molar-refractivity contribution in [3.63, 3.8) is 0 Å². The minimum absolute atomic E-state index is 0.122. The molecule has 1 atom stereocenters. The Labute approximate surface area is 207 Å². The van der Waals surface area contributed by atoms with E-state index in [-0.39, 0.29) is 11.5 Å². The topological polar surface area (TPSA) is 73.2 Å². The second-order valence-corrected chi connectivity index (χ2v) is 10.1. The molecule has 6 nitrogen and oxygen atoms in total. The highest BCUT2D eigenvalue weighted by Crippen LogP contribution is 2.48. The number of benzene rings is 2. The Hall–Kier alpha value is -3.58. The average molecular weight is 484 g/mol. The summed E-state index contributed by atoms with van der Waals surface area (Å²) in [5.74, 6) is 1.59. The van der Waals surface area contributed by atoms with Crippen LogP contribution < -0.4 is 15.6 Å². The number of ether oxygens (including phenoxy) is 1. The Balaban J connectivity index is 1.36. The van der Waals surface area contributed by atoms with Crippen molar-refractivity contribution in [1.82, 2.24) is 9.55 Å². The second kappa shape index (κ2) is 8.89. The van der Waals surface area contributed by atoms with Crippen molar-refractivity contribution in [2.24, 2.45) is 0 Å². The van der Waals surface area contributed by atoms with Crippen LogP contribution in [-0.2, 0) is 11.2 Å². The number of rotatable bonds is 6. The minimum atomic E-state index is -0.570. The lowest BCUT2D eigenvalue weighted by molar-refractivity contribution is -0.118. The van der Waals surface area contributed by atoms with Crippen molar-refractivity contribution in [1.29, 1.82) is 0 Å². The number of fused-ring (bicyclic) bond motifs is 2. The van der Waals surface area contributed by atoms with Gasteiger partial charge in [-0.25, -0.2) is 0 Å². The van der Waals surface area contributed by atoms with Gasteiger partial charge in [0, 0.05) is 17.9 Å². The molecule has 1 saturated carbocycles. The molecule has 6 rings (SSSR count). The van der Waals surface area contributed by atoms with Gasteiger partial charge in [-0.15, -0.1) is 11.8 Å². The molecule has 4 aromatic rings. The number of nitrogens with one attached hydrogen (secondary N) is 1. The molecule has 35 heavy (non-hydrogen) atoms. The summed E-state index contributed by atoms with van der Waals surface area (Å²) < 4.78 is 6.85. The van der Waals surface area contributed by atoms with Gasteiger partial charge >= 0.3 is 0 Å². The predicted octanol–water partition coefficient (Wildman–Crippen LogP) is 5.16. The number of nitrogens with zero attached hydrogens (tertiary/aromatic N) is 2. The van der Waals surface area contributed by atoms with Crippen LogP contribution in [0.5, 0.6) is 5.88 Å². The molecule has 0 spiro atoms. The normalized spacial score (nSPS) is 16.8. The summed E-state index contributed by atoms with van der Waals surface area (Å²) in [6.45, 7) is 0. The van der Waals surface area contributed by atoms with E-state index >= 15 is 0 Å². The monoisotopic (exact) mass is 483 g/mol. The zero-order valence-corrected chi connectivity index (χ0v) is 20.2. The molecule has 176 valence electrons. The molecule has 0 saturated heterocycles. The number of carbonyl (C=O) groups excluding carboxylic acids is 1. The first kappa shape index (κ1) is 21.9. The summed E-state index contributed by atoms with van der Waals surface area (Å²) in [4.78, 5) is 30.8. The quantitative estimate of drug-likeness (QED) is 0.410. The lowest BCUT2D eigenvalue weighted by Crippen LogP contribution is -2.33. The SMILES string of the molecule is COc1cccc(NC(=O)[C@@H]2CSc3c(C4CC4)c(Cc4cccc5ccccc45)cc(=O)n32)n1. The van der Waals surface area contributed by atoms with Crippen LogP contribution in [0.25, 0.3) is 10.8 Å². The van der Waals surface area contributed by atoms with Gasteiger partial charge in [0.2, 0.25) is 11.8 Å². The van der Waals surface area contributed by atoms with Gasteiger partial charge < -0.3 is 10.1 Å². The molecule has 0 unspecified atom stereocenters. The number of methoxy groups -OCH3 is 1. The molecular weight excluding hydrogens is 458 g/mol. The third kappa shape index (κ3) is 4.10. The predicted molar refractivity (Wildman–Crippen MR) is 139 cm³/mol. The molecule has 7 heteroatoms. The third-order valence-electron chi connectivity index (χ3n) is 6.75. The van der Waals surface area contributed by atoms with E-state index in [0.717, 1.165) is 23.4 Å². The van der Waals surface area contributed by atoms with E-state index < -0.39 is 6.04 Å². The van der Waals surface area contributed by atoms with Gasteiger partial charge in [-0.05, 0) is 58.7 Å². The number of pyridine rings is 2. The molecule has 1 fully saturated rings. The smallest absolute Gasteiger partial charge is 0.252 e. The molecule has 1 amide bonds.